The highest BCUT2D eigenvalue weighted by Gasteiger charge is 2.53. The molecule has 0 aromatic heterocycles. The summed E-state index contributed by atoms with van der Waals surface area (Å²) < 4.78 is 18.0. The van der Waals surface area contributed by atoms with E-state index in [0.717, 1.165) is 24.9 Å². The lowest BCUT2D eigenvalue weighted by molar-refractivity contribution is 0.101. The molecule has 2 bridgehead atoms. The quantitative estimate of drug-likeness (QED) is 0.738. The Morgan fingerprint density at radius 2 is 2.36 bits per heavy atom. The molecule has 1 aliphatic carbocycles. The third kappa shape index (κ3) is 1.56. The summed E-state index contributed by atoms with van der Waals surface area (Å²) in [6.45, 7) is 3.93. The summed E-state index contributed by atoms with van der Waals surface area (Å²) in [7, 11) is -2.43. The number of fused-ring (bicyclic) bond motifs is 2. The van der Waals surface area contributed by atoms with Gasteiger partial charge in [-0.25, -0.2) is 0 Å². The Hall–Kier alpha value is 0.150. The van der Waals surface area contributed by atoms with Crippen LogP contribution in [0.2, 0.25) is 0 Å². The molecule has 82 valence electrons. The number of aliphatic hydroxyl groups excluding tert-OH is 1. The second kappa shape index (κ2) is 3.62. The lowest BCUT2D eigenvalue weighted by Crippen LogP contribution is -2.45. The minimum Gasteiger partial charge on any atom is -0.394 e. The molecule has 14 heavy (non-hydrogen) atoms. The van der Waals surface area contributed by atoms with Gasteiger partial charge in [-0.15, -0.1) is 0 Å². The van der Waals surface area contributed by atoms with Crippen LogP contribution in [0.1, 0.15) is 26.7 Å². The van der Waals surface area contributed by atoms with Crippen LogP contribution in [-0.4, -0.2) is 29.6 Å². The smallest absolute Gasteiger partial charge is 0.206 e. The fraction of sp³-hybridized carbons (Fsp3) is 1.00. The van der Waals surface area contributed by atoms with Crippen molar-refractivity contribution >= 4 is 7.37 Å². The molecule has 0 aromatic rings. The van der Waals surface area contributed by atoms with E-state index >= 15 is 0 Å². The predicted molar refractivity (Wildman–Crippen MR) is 55.8 cm³/mol. The van der Waals surface area contributed by atoms with E-state index < -0.39 is 7.37 Å². The van der Waals surface area contributed by atoms with Gasteiger partial charge in [0.05, 0.1) is 12.7 Å². The van der Waals surface area contributed by atoms with Crippen LogP contribution in [0, 0.1) is 11.8 Å². The van der Waals surface area contributed by atoms with Gasteiger partial charge in [0.15, 0.2) is 0 Å². The molecular formula is C10H19O3P. The fourth-order valence-electron chi connectivity index (χ4n) is 2.74. The number of rotatable bonds is 3. The minimum absolute atomic E-state index is 0.0332. The Balaban J connectivity index is 2.04. The molecule has 3 rings (SSSR count). The van der Waals surface area contributed by atoms with Gasteiger partial charge in [0.25, 0.3) is 0 Å². The largest absolute Gasteiger partial charge is 0.394 e. The first-order valence-corrected chi connectivity index (χ1v) is 7.33. The monoisotopic (exact) mass is 218 g/mol. The van der Waals surface area contributed by atoms with Crippen molar-refractivity contribution in [2.24, 2.45) is 11.8 Å². The van der Waals surface area contributed by atoms with Gasteiger partial charge in [0.2, 0.25) is 7.37 Å². The summed E-state index contributed by atoms with van der Waals surface area (Å²) in [5.74, 6) is 1.36. The van der Waals surface area contributed by atoms with E-state index in [9.17, 15) is 4.57 Å². The van der Waals surface area contributed by atoms with Crippen LogP contribution in [0.25, 0.3) is 0 Å². The zero-order valence-electron chi connectivity index (χ0n) is 8.85. The second-order valence-corrected chi connectivity index (χ2v) is 7.53. The molecule has 3 unspecified atom stereocenters. The molecule has 5 atom stereocenters. The van der Waals surface area contributed by atoms with Gasteiger partial charge in [-0.1, -0.05) is 6.92 Å². The van der Waals surface area contributed by atoms with Gasteiger partial charge in [-0.05, 0) is 31.6 Å². The van der Waals surface area contributed by atoms with Crippen molar-refractivity contribution in [3.8, 4) is 0 Å². The Morgan fingerprint density at radius 1 is 1.64 bits per heavy atom. The molecule has 0 spiro atoms. The van der Waals surface area contributed by atoms with E-state index in [4.69, 9.17) is 9.63 Å². The van der Waals surface area contributed by atoms with Gasteiger partial charge < -0.3 is 9.63 Å². The first-order chi connectivity index (χ1) is 6.57. The summed E-state index contributed by atoms with van der Waals surface area (Å²) in [5.41, 5.74) is 0.287. The molecule has 2 saturated heterocycles. The van der Waals surface area contributed by atoms with Crippen molar-refractivity contribution in [3.05, 3.63) is 0 Å². The lowest BCUT2D eigenvalue weighted by atomic mass is 9.72. The average Bonchev–Trinajstić information content (AvgIpc) is 2.15. The Morgan fingerprint density at radius 3 is 2.86 bits per heavy atom. The highest BCUT2D eigenvalue weighted by molar-refractivity contribution is 7.60. The van der Waals surface area contributed by atoms with E-state index in [2.05, 4.69) is 6.92 Å². The summed E-state index contributed by atoms with van der Waals surface area (Å²) in [6, 6.07) is 0. The molecule has 2 heterocycles. The molecular weight excluding hydrogens is 199 g/mol. The van der Waals surface area contributed by atoms with Crippen LogP contribution in [0.3, 0.4) is 0 Å². The van der Waals surface area contributed by atoms with Crippen LogP contribution in [-0.2, 0) is 9.09 Å². The predicted octanol–water partition coefficient (Wildman–Crippen LogP) is 2.09. The molecule has 3 aliphatic rings. The van der Waals surface area contributed by atoms with Gasteiger partial charge in [-0.3, -0.25) is 4.57 Å². The molecule has 3 fully saturated rings. The lowest BCUT2D eigenvalue weighted by Gasteiger charge is -2.51. The van der Waals surface area contributed by atoms with Crippen molar-refractivity contribution in [3.63, 3.8) is 0 Å². The van der Waals surface area contributed by atoms with Gasteiger partial charge in [0, 0.05) is 11.8 Å². The second-order valence-electron chi connectivity index (χ2n) is 4.76. The zero-order chi connectivity index (χ0) is 10.3. The Kier molecular flexibility index (Phi) is 2.76. The van der Waals surface area contributed by atoms with Gasteiger partial charge >= 0.3 is 0 Å². The molecule has 0 aromatic carbocycles. The van der Waals surface area contributed by atoms with Gasteiger partial charge in [-0.2, -0.15) is 0 Å². The Labute approximate surface area is 85.3 Å². The standard InChI is InChI=1S/C10H19O3P/c1-7(6-11)13-14(12)4-3-9-5-10(14)8(9)2/h7-11H,3-6H2,1-2H3/t7?,8-,9+,10?,14?/m0/s1. The maximum Gasteiger partial charge on any atom is 0.206 e. The molecule has 1 N–H and O–H groups in total. The molecule has 0 amide bonds. The average molecular weight is 218 g/mol. The molecule has 3 nitrogen and oxygen atoms in total. The van der Waals surface area contributed by atoms with Gasteiger partial charge in [0.1, 0.15) is 0 Å². The summed E-state index contributed by atoms with van der Waals surface area (Å²) in [4.78, 5) is 0. The molecule has 4 heteroatoms. The number of hydrogen-bond acceptors (Lipinski definition) is 3. The summed E-state index contributed by atoms with van der Waals surface area (Å²) in [5, 5.41) is 8.90. The normalized spacial score (nSPS) is 48.4. The van der Waals surface area contributed by atoms with Crippen LogP contribution >= 0.6 is 7.37 Å². The summed E-state index contributed by atoms with van der Waals surface area (Å²) in [6.07, 6.45) is 2.59. The van der Waals surface area contributed by atoms with Crippen molar-refractivity contribution in [2.75, 3.05) is 12.8 Å². The SMILES string of the molecule is CC(CO)OP1(=O)CC[C@@H]2CC1[C@H]2C. The molecule has 1 saturated carbocycles. The van der Waals surface area contributed by atoms with E-state index in [0.29, 0.717) is 5.92 Å². The fourth-order valence-corrected chi connectivity index (χ4v) is 6.25. The van der Waals surface area contributed by atoms with E-state index in [-0.39, 0.29) is 18.4 Å². The van der Waals surface area contributed by atoms with E-state index in [1.54, 1.807) is 6.92 Å². The summed E-state index contributed by atoms with van der Waals surface area (Å²) >= 11 is 0. The van der Waals surface area contributed by atoms with Crippen molar-refractivity contribution in [2.45, 2.75) is 38.5 Å². The third-order valence-electron chi connectivity index (χ3n) is 3.83. The first kappa shape index (κ1) is 10.7. The topological polar surface area (TPSA) is 46.5 Å². The molecule has 0 radical (unpaired) electrons. The molecule has 2 aliphatic heterocycles. The van der Waals surface area contributed by atoms with E-state index in [1.807, 2.05) is 0 Å². The van der Waals surface area contributed by atoms with Crippen molar-refractivity contribution < 1.29 is 14.2 Å². The van der Waals surface area contributed by atoms with E-state index in [1.165, 1.54) is 0 Å². The number of aliphatic hydroxyl groups is 1. The maximum absolute atomic E-state index is 12.4. The highest BCUT2D eigenvalue weighted by atomic mass is 31.2. The van der Waals surface area contributed by atoms with Crippen LogP contribution in [0.15, 0.2) is 0 Å². The maximum atomic E-state index is 12.4. The van der Waals surface area contributed by atoms with Crippen molar-refractivity contribution in [1.29, 1.82) is 0 Å². The highest BCUT2D eigenvalue weighted by Crippen LogP contribution is 2.68. The van der Waals surface area contributed by atoms with Crippen LogP contribution in [0.5, 0.6) is 0 Å². The number of hydrogen-bond donors (Lipinski definition) is 1. The zero-order valence-corrected chi connectivity index (χ0v) is 9.74. The first-order valence-electron chi connectivity index (χ1n) is 5.45. The third-order valence-corrected chi connectivity index (χ3v) is 7.12. The van der Waals surface area contributed by atoms with Crippen LogP contribution in [0.4, 0.5) is 0 Å². The van der Waals surface area contributed by atoms with Crippen molar-refractivity contribution in [1.82, 2.24) is 0 Å². The minimum atomic E-state index is -2.43. The van der Waals surface area contributed by atoms with Crippen LogP contribution < -0.4 is 0 Å². The Bertz CT molecular complexity index is 264.